The van der Waals surface area contributed by atoms with Crippen LogP contribution in [0.3, 0.4) is 0 Å². The minimum atomic E-state index is -1.16. The molecule has 0 saturated carbocycles. The van der Waals surface area contributed by atoms with E-state index in [1.54, 1.807) is 6.07 Å². The van der Waals surface area contributed by atoms with Gasteiger partial charge in [-0.05, 0) is 65.5 Å². The zero-order valence-corrected chi connectivity index (χ0v) is 20.8. The first-order valence-corrected chi connectivity index (χ1v) is 12.0. The van der Waals surface area contributed by atoms with Crippen LogP contribution in [0.15, 0.2) is 30.3 Å². The predicted molar refractivity (Wildman–Crippen MR) is 128 cm³/mol. The standard InChI is InChI=1S/C24H27F3IN3O2/c1-3-30(4-2)10-9-29-23(32)16-13-31(14-16)24(33)18-7-8-20(25)22(27)19(18)11-15-5-6-17(28)12-21(15)26/h5-8,12,16H,3-4,9-11,13-14H2,1-2H3,(H,29,32). The number of nitrogens with zero attached hydrogens (tertiary/aromatic N) is 2. The summed E-state index contributed by atoms with van der Waals surface area (Å²) in [7, 11) is 0. The number of likely N-dealkylation sites (tertiary alicyclic amines) is 1. The number of hydrogen-bond acceptors (Lipinski definition) is 3. The summed E-state index contributed by atoms with van der Waals surface area (Å²) < 4.78 is 43.5. The summed E-state index contributed by atoms with van der Waals surface area (Å²) in [6.07, 6.45) is -0.253. The van der Waals surface area contributed by atoms with Crippen molar-refractivity contribution in [2.75, 3.05) is 39.3 Å². The van der Waals surface area contributed by atoms with E-state index >= 15 is 0 Å². The first-order chi connectivity index (χ1) is 15.7. The third-order valence-electron chi connectivity index (χ3n) is 5.97. The summed E-state index contributed by atoms with van der Waals surface area (Å²) >= 11 is 1.96. The summed E-state index contributed by atoms with van der Waals surface area (Å²) in [6, 6.07) is 6.58. The fourth-order valence-electron chi connectivity index (χ4n) is 3.82. The number of hydrogen-bond donors (Lipinski definition) is 1. The van der Waals surface area contributed by atoms with Crippen molar-refractivity contribution in [3.8, 4) is 0 Å². The fourth-order valence-corrected chi connectivity index (χ4v) is 4.28. The molecule has 1 N–H and O–H groups in total. The number of rotatable bonds is 9. The van der Waals surface area contributed by atoms with Crippen LogP contribution in [-0.2, 0) is 11.2 Å². The van der Waals surface area contributed by atoms with E-state index in [9.17, 15) is 22.8 Å². The zero-order chi connectivity index (χ0) is 24.1. The van der Waals surface area contributed by atoms with Crippen molar-refractivity contribution in [1.29, 1.82) is 0 Å². The molecule has 1 aliphatic heterocycles. The van der Waals surface area contributed by atoms with Gasteiger partial charge in [-0.25, -0.2) is 13.2 Å². The second kappa shape index (κ2) is 11.3. The summed E-state index contributed by atoms with van der Waals surface area (Å²) in [4.78, 5) is 29.0. The highest BCUT2D eigenvalue weighted by atomic mass is 127. The van der Waals surface area contributed by atoms with E-state index in [2.05, 4.69) is 24.1 Å². The average Bonchev–Trinajstić information content (AvgIpc) is 2.75. The summed E-state index contributed by atoms with van der Waals surface area (Å²) in [5, 5.41) is 2.88. The van der Waals surface area contributed by atoms with Gasteiger partial charge in [-0.1, -0.05) is 19.9 Å². The van der Waals surface area contributed by atoms with Crippen LogP contribution >= 0.6 is 22.6 Å². The van der Waals surface area contributed by atoms with E-state index in [1.165, 1.54) is 23.1 Å². The minimum absolute atomic E-state index is 0.0211. The number of benzene rings is 2. The van der Waals surface area contributed by atoms with Crippen molar-refractivity contribution in [2.45, 2.75) is 20.3 Å². The van der Waals surface area contributed by atoms with Gasteiger partial charge in [0.2, 0.25) is 5.91 Å². The molecule has 2 amide bonds. The van der Waals surface area contributed by atoms with Crippen molar-refractivity contribution in [2.24, 2.45) is 5.92 Å². The molecular weight excluding hydrogens is 546 g/mol. The Morgan fingerprint density at radius 3 is 2.42 bits per heavy atom. The van der Waals surface area contributed by atoms with Crippen LogP contribution in [0, 0.1) is 26.9 Å². The van der Waals surface area contributed by atoms with Gasteiger partial charge in [0.1, 0.15) is 5.82 Å². The van der Waals surface area contributed by atoms with E-state index < -0.39 is 23.4 Å². The highest BCUT2D eigenvalue weighted by Gasteiger charge is 2.37. The fraction of sp³-hybridized carbons (Fsp3) is 0.417. The second-order valence-electron chi connectivity index (χ2n) is 8.02. The van der Waals surface area contributed by atoms with Crippen LogP contribution in [-0.4, -0.2) is 60.9 Å². The van der Waals surface area contributed by atoms with Crippen LogP contribution in [0.5, 0.6) is 0 Å². The topological polar surface area (TPSA) is 52.7 Å². The molecule has 3 rings (SSSR count). The molecular formula is C24H27F3IN3O2. The maximum absolute atomic E-state index is 14.6. The Hall–Kier alpha value is -2.14. The number of likely N-dealkylation sites (N-methyl/N-ethyl adjacent to an activating group) is 1. The van der Waals surface area contributed by atoms with Gasteiger partial charge in [-0.2, -0.15) is 0 Å². The molecule has 1 heterocycles. The Morgan fingerprint density at radius 2 is 1.79 bits per heavy atom. The van der Waals surface area contributed by atoms with Gasteiger partial charge in [0.25, 0.3) is 5.91 Å². The van der Waals surface area contributed by atoms with Crippen molar-refractivity contribution in [3.63, 3.8) is 0 Å². The molecule has 0 radical (unpaired) electrons. The summed E-state index contributed by atoms with van der Waals surface area (Å²) in [5.74, 6) is -3.77. The number of carbonyl (C=O) groups excluding carboxylic acids is 2. The maximum Gasteiger partial charge on any atom is 0.254 e. The van der Waals surface area contributed by atoms with Crippen LogP contribution in [0.25, 0.3) is 0 Å². The third-order valence-corrected chi connectivity index (χ3v) is 6.64. The normalized spacial score (nSPS) is 13.8. The third kappa shape index (κ3) is 6.06. The lowest BCUT2D eigenvalue weighted by Crippen LogP contribution is -2.56. The SMILES string of the molecule is CCN(CC)CCNC(=O)C1CN(C(=O)c2ccc(F)c(F)c2Cc2ccc(I)cc2F)C1. The first kappa shape index (κ1) is 25.5. The monoisotopic (exact) mass is 573 g/mol. The Labute approximate surface area is 205 Å². The van der Waals surface area contributed by atoms with E-state index in [0.29, 0.717) is 10.1 Å². The Balaban J connectivity index is 1.66. The lowest BCUT2D eigenvalue weighted by atomic mass is 9.94. The van der Waals surface area contributed by atoms with E-state index in [0.717, 1.165) is 25.7 Å². The predicted octanol–water partition coefficient (Wildman–Crippen LogP) is 3.83. The molecule has 0 aliphatic carbocycles. The molecule has 0 atom stereocenters. The molecule has 178 valence electrons. The number of halogens is 4. The van der Waals surface area contributed by atoms with Crippen LogP contribution in [0.4, 0.5) is 13.2 Å². The Kier molecular flexibility index (Phi) is 8.75. The highest BCUT2D eigenvalue weighted by Crippen LogP contribution is 2.26. The van der Waals surface area contributed by atoms with Crippen LogP contribution < -0.4 is 5.32 Å². The van der Waals surface area contributed by atoms with Gasteiger partial charge in [0.15, 0.2) is 11.6 Å². The van der Waals surface area contributed by atoms with E-state index in [-0.39, 0.29) is 48.0 Å². The molecule has 0 spiro atoms. The molecule has 33 heavy (non-hydrogen) atoms. The molecule has 1 saturated heterocycles. The summed E-state index contributed by atoms with van der Waals surface area (Å²) in [5.41, 5.74) is -0.0393. The Morgan fingerprint density at radius 1 is 1.09 bits per heavy atom. The molecule has 5 nitrogen and oxygen atoms in total. The Bertz CT molecular complexity index is 1020. The molecule has 0 unspecified atom stereocenters. The quantitative estimate of drug-likeness (QED) is 0.465. The van der Waals surface area contributed by atoms with Crippen molar-refractivity contribution < 1.29 is 22.8 Å². The summed E-state index contributed by atoms with van der Waals surface area (Å²) in [6.45, 7) is 7.60. The molecule has 0 aromatic heterocycles. The lowest BCUT2D eigenvalue weighted by Gasteiger charge is -2.38. The van der Waals surface area contributed by atoms with Gasteiger partial charge in [-0.3, -0.25) is 9.59 Å². The molecule has 0 bridgehead atoms. The zero-order valence-electron chi connectivity index (χ0n) is 18.6. The van der Waals surface area contributed by atoms with Gasteiger partial charge < -0.3 is 15.1 Å². The minimum Gasteiger partial charge on any atom is -0.354 e. The molecule has 2 aromatic rings. The van der Waals surface area contributed by atoms with Gasteiger partial charge >= 0.3 is 0 Å². The molecule has 1 fully saturated rings. The van der Waals surface area contributed by atoms with Crippen molar-refractivity contribution in [3.05, 3.63) is 68.0 Å². The highest BCUT2D eigenvalue weighted by molar-refractivity contribution is 14.1. The number of carbonyl (C=O) groups is 2. The lowest BCUT2D eigenvalue weighted by molar-refractivity contribution is -0.129. The molecule has 2 aromatic carbocycles. The van der Waals surface area contributed by atoms with Crippen molar-refractivity contribution in [1.82, 2.24) is 15.1 Å². The largest absolute Gasteiger partial charge is 0.354 e. The van der Waals surface area contributed by atoms with Crippen LogP contribution in [0.1, 0.15) is 35.3 Å². The van der Waals surface area contributed by atoms with Gasteiger partial charge in [0, 0.05) is 47.3 Å². The van der Waals surface area contributed by atoms with E-state index in [4.69, 9.17) is 0 Å². The van der Waals surface area contributed by atoms with Gasteiger partial charge in [0.05, 0.1) is 5.92 Å². The number of amides is 2. The second-order valence-corrected chi connectivity index (χ2v) is 9.27. The van der Waals surface area contributed by atoms with Crippen LogP contribution in [0.2, 0.25) is 0 Å². The van der Waals surface area contributed by atoms with Gasteiger partial charge in [-0.15, -0.1) is 0 Å². The smallest absolute Gasteiger partial charge is 0.254 e. The maximum atomic E-state index is 14.6. The van der Waals surface area contributed by atoms with Crippen molar-refractivity contribution >= 4 is 34.4 Å². The average molecular weight is 573 g/mol. The van der Waals surface area contributed by atoms with E-state index in [1.807, 2.05) is 22.6 Å². The molecule has 1 aliphatic rings. The first-order valence-electron chi connectivity index (χ1n) is 10.9. The molecule has 9 heteroatoms. The number of nitrogens with one attached hydrogen (secondary N) is 1.